The van der Waals surface area contributed by atoms with E-state index < -0.39 is 41.2 Å². The molecule has 38 heavy (non-hydrogen) atoms. The first-order valence-corrected chi connectivity index (χ1v) is 12.6. The van der Waals surface area contributed by atoms with Crippen molar-refractivity contribution in [3.63, 3.8) is 0 Å². The molecule has 202 valence electrons. The number of carbonyl (C=O) groups is 2. The number of hydrogen-bond acceptors (Lipinski definition) is 6. The van der Waals surface area contributed by atoms with Crippen LogP contribution in [0.5, 0.6) is 0 Å². The second-order valence-electron chi connectivity index (χ2n) is 10.7. The number of rotatable bonds is 5. The first-order chi connectivity index (χ1) is 17.9. The van der Waals surface area contributed by atoms with E-state index in [1.54, 1.807) is 37.5 Å². The summed E-state index contributed by atoms with van der Waals surface area (Å²) in [5.41, 5.74) is -1.49. The Morgan fingerprint density at radius 2 is 1.92 bits per heavy atom. The highest BCUT2D eigenvalue weighted by molar-refractivity contribution is 6.30. The maximum Gasteiger partial charge on any atom is 0.407 e. The number of aryl methyl sites for hydroxylation is 1. The summed E-state index contributed by atoms with van der Waals surface area (Å²) in [6, 6.07) is 7.45. The number of aromatic nitrogens is 4. The van der Waals surface area contributed by atoms with Gasteiger partial charge in [-0.25, -0.2) is 4.79 Å². The minimum Gasteiger partial charge on any atom is -0.465 e. The van der Waals surface area contributed by atoms with Crippen LogP contribution in [0.2, 0.25) is 5.02 Å². The molecule has 3 N–H and O–H groups in total. The van der Waals surface area contributed by atoms with E-state index >= 15 is 0 Å². The topological polar surface area (TPSA) is 143 Å². The highest BCUT2D eigenvalue weighted by Gasteiger charge is 2.52. The summed E-state index contributed by atoms with van der Waals surface area (Å²) in [6.07, 6.45) is 2.69. The van der Waals surface area contributed by atoms with Gasteiger partial charge in [0.05, 0.1) is 36.3 Å². The Morgan fingerprint density at radius 1 is 1.24 bits per heavy atom. The predicted molar refractivity (Wildman–Crippen MR) is 142 cm³/mol. The molecule has 1 aliphatic heterocycles. The summed E-state index contributed by atoms with van der Waals surface area (Å²) < 4.78 is 2.61. The van der Waals surface area contributed by atoms with E-state index in [9.17, 15) is 24.6 Å². The molecule has 0 spiro atoms. The van der Waals surface area contributed by atoms with Crippen molar-refractivity contribution in [2.45, 2.75) is 45.2 Å². The van der Waals surface area contributed by atoms with Crippen LogP contribution in [-0.4, -0.2) is 71.4 Å². The van der Waals surface area contributed by atoms with Crippen LogP contribution in [0.4, 0.5) is 4.79 Å². The van der Waals surface area contributed by atoms with Gasteiger partial charge in [0, 0.05) is 24.2 Å². The van der Waals surface area contributed by atoms with Gasteiger partial charge in [-0.3, -0.25) is 14.3 Å². The van der Waals surface area contributed by atoms with E-state index in [-0.39, 0.29) is 12.1 Å². The number of likely N-dealkylation sites (tertiary alicyclic amines) is 1. The molecule has 0 radical (unpaired) electrons. The number of nitrogens with zero attached hydrogens (tertiary/aromatic N) is 5. The second-order valence-corrected chi connectivity index (χ2v) is 11.1. The molecule has 4 rings (SSSR count). The minimum absolute atomic E-state index is 0.207. The number of hydrogen-bond donors (Lipinski definition) is 3. The number of carboxylic acid groups (broad SMARTS) is 1. The van der Waals surface area contributed by atoms with Crippen LogP contribution >= 0.6 is 11.6 Å². The molecule has 1 aromatic carbocycles. The normalized spacial score (nSPS) is 19.8. The lowest BCUT2D eigenvalue weighted by atomic mass is 9.69. The van der Waals surface area contributed by atoms with E-state index in [1.807, 2.05) is 20.8 Å². The molecule has 3 heterocycles. The third-order valence-corrected chi connectivity index (χ3v) is 7.05. The molecule has 2 aromatic heterocycles. The first-order valence-electron chi connectivity index (χ1n) is 12.2. The zero-order valence-corrected chi connectivity index (χ0v) is 22.4. The van der Waals surface area contributed by atoms with Crippen LogP contribution < -0.4 is 10.9 Å². The van der Waals surface area contributed by atoms with Crippen molar-refractivity contribution >= 4 is 23.6 Å². The Morgan fingerprint density at radius 3 is 2.47 bits per heavy atom. The number of piperidine rings is 1. The largest absolute Gasteiger partial charge is 0.465 e. The van der Waals surface area contributed by atoms with Gasteiger partial charge in [0.15, 0.2) is 0 Å². The SMILES string of the molecule is Cn1cc(-n2nc(-c3ccc(Cl)cc3)cc(C(=O)NC3(CO)CCCN(C(=O)O)C3C(C)(C)C)c2=O)cn1. The van der Waals surface area contributed by atoms with Crippen molar-refractivity contribution in [1.29, 1.82) is 0 Å². The highest BCUT2D eigenvalue weighted by Crippen LogP contribution is 2.39. The van der Waals surface area contributed by atoms with Gasteiger partial charge in [0.25, 0.3) is 11.5 Å². The molecule has 12 heteroatoms. The van der Waals surface area contributed by atoms with Gasteiger partial charge in [-0.2, -0.15) is 14.9 Å². The van der Waals surface area contributed by atoms with E-state index in [0.29, 0.717) is 34.8 Å². The lowest BCUT2D eigenvalue weighted by Crippen LogP contribution is -2.71. The fourth-order valence-corrected chi connectivity index (χ4v) is 5.50. The number of benzene rings is 1. The lowest BCUT2D eigenvalue weighted by molar-refractivity contribution is -0.0296. The number of halogens is 1. The van der Waals surface area contributed by atoms with Gasteiger partial charge < -0.3 is 20.4 Å². The smallest absolute Gasteiger partial charge is 0.407 e. The molecule has 3 aromatic rings. The molecule has 1 aliphatic rings. The van der Waals surface area contributed by atoms with Gasteiger partial charge in [-0.05, 0) is 36.5 Å². The average molecular weight is 543 g/mol. The van der Waals surface area contributed by atoms with E-state index in [1.165, 1.54) is 21.8 Å². The van der Waals surface area contributed by atoms with E-state index in [2.05, 4.69) is 15.5 Å². The molecular formula is C26H31ClN6O5. The fraction of sp³-hybridized carbons (Fsp3) is 0.423. The summed E-state index contributed by atoms with van der Waals surface area (Å²) in [6.45, 7) is 5.34. The molecule has 1 fully saturated rings. The van der Waals surface area contributed by atoms with Crippen LogP contribution in [-0.2, 0) is 7.05 Å². The van der Waals surface area contributed by atoms with Crippen molar-refractivity contribution in [3.8, 4) is 16.9 Å². The first kappa shape index (κ1) is 27.3. The van der Waals surface area contributed by atoms with Crippen LogP contribution in [0, 0.1) is 5.41 Å². The Hall–Kier alpha value is -3.70. The molecule has 11 nitrogen and oxygen atoms in total. The van der Waals surface area contributed by atoms with Crippen LogP contribution in [0.3, 0.4) is 0 Å². The van der Waals surface area contributed by atoms with Crippen LogP contribution in [0.15, 0.2) is 47.5 Å². The van der Waals surface area contributed by atoms with Gasteiger partial charge in [0.1, 0.15) is 11.3 Å². The quantitative estimate of drug-likeness (QED) is 0.450. The third kappa shape index (κ3) is 5.16. The third-order valence-electron chi connectivity index (χ3n) is 6.80. The van der Waals surface area contributed by atoms with Crippen molar-refractivity contribution in [1.82, 2.24) is 29.8 Å². The summed E-state index contributed by atoms with van der Waals surface area (Å²) in [5, 5.41) is 32.4. The summed E-state index contributed by atoms with van der Waals surface area (Å²) in [4.78, 5) is 40.7. The maximum absolute atomic E-state index is 13.8. The van der Waals surface area contributed by atoms with Gasteiger partial charge >= 0.3 is 6.09 Å². The van der Waals surface area contributed by atoms with Crippen molar-refractivity contribution in [2.24, 2.45) is 12.5 Å². The highest BCUT2D eigenvalue weighted by atomic mass is 35.5. The molecule has 2 atom stereocenters. The number of nitrogens with one attached hydrogen (secondary N) is 1. The fourth-order valence-electron chi connectivity index (χ4n) is 5.37. The molecule has 0 saturated carbocycles. The van der Waals surface area contributed by atoms with E-state index in [0.717, 1.165) is 4.68 Å². The van der Waals surface area contributed by atoms with E-state index in [4.69, 9.17) is 11.6 Å². The lowest BCUT2D eigenvalue weighted by Gasteiger charge is -2.53. The van der Waals surface area contributed by atoms with Gasteiger partial charge in [-0.15, -0.1) is 0 Å². The van der Waals surface area contributed by atoms with Crippen LogP contribution in [0.1, 0.15) is 44.0 Å². The number of aliphatic hydroxyl groups is 1. The van der Waals surface area contributed by atoms with Gasteiger partial charge in [0.2, 0.25) is 0 Å². The second kappa shape index (κ2) is 10.2. The Bertz CT molecular complexity index is 1410. The summed E-state index contributed by atoms with van der Waals surface area (Å²) >= 11 is 6.04. The molecule has 0 aliphatic carbocycles. The Balaban J connectivity index is 1.84. The maximum atomic E-state index is 13.8. The summed E-state index contributed by atoms with van der Waals surface area (Å²) in [7, 11) is 1.69. The van der Waals surface area contributed by atoms with Crippen molar-refractivity contribution < 1.29 is 19.8 Å². The minimum atomic E-state index is -1.30. The predicted octanol–water partition coefficient (Wildman–Crippen LogP) is 2.94. The summed E-state index contributed by atoms with van der Waals surface area (Å²) in [5.74, 6) is -0.735. The van der Waals surface area contributed by atoms with Crippen molar-refractivity contribution in [3.05, 3.63) is 63.7 Å². The average Bonchev–Trinajstić information content (AvgIpc) is 3.29. The number of amides is 2. The van der Waals surface area contributed by atoms with Crippen LogP contribution in [0.25, 0.3) is 16.9 Å². The van der Waals surface area contributed by atoms with Crippen molar-refractivity contribution in [2.75, 3.05) is 13.2 Å². The molecule has 2 unspecified atom stereocenters. The molecule has 1 saturated heterocycles. The monoisotopic (exact) mass is 542 g/mol. The zero-order chi connectivity index (χ0) is 27.8. The molecule has 0 bridgehead atoms. The zero-order valence-electron chi connectivity index (χ0n) is 21.7. The molecule has 2 amide bonds. The Labute approximate surface area is 224 Å². The number of carbonyl (C=O) groups excluding carboxylic acids is 1. The number of aliphatic hydroxyl groups excluding tert-OH is 1. The van der Waals surface area contributed by atoms with Gasteiger partial charge in [-0.1, -0.05) is 44.5 Å². The standard InChI is InChI=1S/C26H31ClN6O5/c1-25(2,3)23-26(15-34,10-5-11-32(23)24(37)38)29-21(35)19-12-20(16-6-8-17(27)9-7-16)30-33(22(19)36)18-13-28-31(4)14-18/h6-9,12-14,23,34H,5,10-11,15H2,1-4H3,(H,29,35)(H,37,38). The molecular weight excluding hydrogens is 512 g/mol. The Kier molecular flexibility index (Phi) is 7.35.